The predicted molar refractivity (Wildman–Crippen MR) is 93.6 cm³/mol. The fraction of sp³-hybridized carbons (Fsp3) is 0.400. The zero-order valence-electron chi connectivity index (χ0n) is 14.0. The summed E-state index contributed by atoms with van der Waals surface area (Å²) in [6.45, 7) is 3.74. The molecule has 1 amide bonds. The molecule has 0 bridgehead atoms. The maximum atomic E-state index is 11.9. The van der Waals surface area contributed by atoms with Crippen molar-refractivity contribution in [3.63, 3.8) is 0 Å². The summed E-state index contributed by atoms with van der Waals surface area (Å²) in [4.78, 5) is 16.2. The lowest BCUT2D eigenvalue weighted by atomic mass is 10.1. The van der Waals surface area contributed by atoms with Gasteiger partial charge in [0.2, 0.25) is 11.9 Å². The third-order valence-corrected chi connectivity index (χ3v) is 3.41. The third kappa shape index (κ3) is 4.36. The van der Waals surface area contributed by atoms with Crippen LogP contribution in [0.1, 0.15) is 13.8 Å². The first kappa shape index (κ1) is 19.7. The van der Waals surface area contributed by atoms with Crippen molar-refractivity contribution in [1.29, 1.82) is 0 Å². The highest BCUT2D eigenvalue weighted by atomic mass is 35.5. The molecule has 0 saturated carbocycles. The molecule has 24 heavy (non-hydrogen) atoms. The summed E-state index contributed by atoms with van der Waals surface area (Å²) >= 11 is 0. The molecule has 8 nitrogen and oxygen atoms in total. The molecule has 132 valence electrons. The molecule has 0 aliphatic heterocycles. The first-order valence-corrected chi connectivity index (χ1v) is 7.17. The van der Waals surface area contributed by atoms with Crippen molar-refractivity contribution in [1.82, 2.24) is 15.2 Å². The molecular weight excluding hydrogens is 334 g/mol. The summed E-state index contributed by atoms with van der Waals surface area (Å²) in [5, 5.41) is 9.34. The van der Waals surface area contributed by atoms with Gasteiger partial charge in [0.15, 0.2) is 5.82 Å². The molecule has 4 N–H and O–H groups in total. The lowest BCUT2D eigenvalue weighted by Crippen LogP contribution is -2.40. The van der Waals surface area contributed by atoms with Crippen LogP contribution in [0.3, 0.4) is 0 Å². The number of amides is 1. The van der Waals surface area contributed by atoms with E-state index in [0.29, 0.717) is 22.9 Å². The van der Waals surface area contributed by atoms with E-state index in [4.69, 9.17) is 15.2 Å². The standard InChI is InChI=1S/C15H21N5O3.ClH/c1-8(2)12(16)14(21)18-15-17-13(19-20-15)10-6-5-9(22-3)7-11(10)23-4;/h5-8,12H,16H2,1-4H3,(H2,17,18,19,20,21);1H/t12-;/m0./s1. The van der Waals surface area contributed by atoms with Gasteiger partial charge in [-0.2, -0.15) is 4.98 Å². The molecule has 1 heterocycles. The first-order valence-electron chi connectivity index (χ1n) is 7.17. The van der Waals surface area contributed by atoms with Crippen LogP contribution < -0.4 is 20.5 Å². The number of rotatable bonds is 6. The van der Waals surface area contributed by atoms with Gasteiger partial charge >= 0.3 is 0 Å². The summed E-state index contributed by atoms with van der Waals surface area (Å²) in [5.74, 6) is 1.58. The molecule has 1 atom stereocenters. The van der Waals surface area contributed by atoms with E-state index >= 15 is 0 Å². The topological polar surface area (TPSA) is 115 Å². The second kappa shape index (κ2) is 8.51. The lowest BCUT2D eigenvalue weighted by molar-refractivity contribution is -0.118. The van der Waals surface area contributed by atoms with Crippen molar-refractivity contribution < 1.29 is 14.3 Å². The molecule has 0 aliphatic carbocycles. The highest BCUT2D eigenvalue weighted by Gasteiger charge is 2.19. The normalized spacial score (nSPS) is 11.6. The van der Waals surface area contributed by atoms with Crippen molar-refractivity contribution in [3.05, 3.63) is 18.2 Å². The summed E-state index contributed by atoms with van der Waals surface area (Å²) in [7, 11) is 3.13. The van der Waals surface area contributed by atoms with E-state index < -0.39 is 6.04 Å². The number of halogens is 1. The second-order valence-corrected chi connectivity index (χ2v) is 5.33. The summed E-state index contributed by atoms with van der Waals surface area (Å²) in [6.07, 6.45) is 0. The number of nitrogens with zero attached hydrogens (tertiary/aromatic N) is 2. The summed E-state index contributed by atoms with van der Waals surface area (Å²) < 4.78 is 10.5. The molecule has 0 aliphatic rings. The van der Waals surface area contributed by atoms with Gasteiger partial charge in [-0.25, -0.2) is 0 Å². The van der Waals surface area contributed by atoms with Gasteiger partial charge in [0, 0.05) is 6.07 Å². The highest BCUT2D eigenvalue weighted by Crippen LogP contribution is 2.31. The van der Waals surface area contributed by atoms with Crippen LogP contribution in [0.5, 0.6) is 11.5 Å². The summed E-state index contributed by atoms with van der Waals surface area (Å²) in [5.41, 5.74) is 6.49. The van der Waals surface area contributed by atoms with E-state index in [9.17, 15) is 4.79 Å². The van der Waals surface area contributed by atoms with Gasteiger partial charge in [0.25, 0.3) is 0 Å². The first-order chi connectivity index (χ1) is 11.0. The molecule has 0 saturated heterocycles. The molecule has 0 unspecified atom stereocenters. The van der Waals surface area contributed by atoms with E-state index in [2.05, 4.69) is 20.5 Å². The van der Waals surface area contributed by atoms with Crippen LogP contribution in [-0.4, -0.2) is 41.3 Å². The van der Waals surface area contributed by atoms with E-state index in [0.717, 1.165) is 0 Å². The number of anilines is 1. The number of ether oxygens (including phenoxy) is 2. The van der Waals surface area contributed by atoms with E-state index in [1.165, 1.54) is 0 Å². The van der Waals surface area contributed by atoms with Crippen LogP contribution in [0.25, 0.3) is 11.4 Å². The average Bonchev–Trinajstić information content (AvgIpc) is 3.01. The van der Waals surface area contributed by atoms with E-state index in [-0.39, 0.29) is 30.2 Å². The SMILES string of the molecule is COc1ccc(-c2nc(NC(=O)[C@@H](N)C(C)C)n[nH]2)c(OC)c1.Cl. The summed E-state index contributed by atoms with van der Waals surface area (Å²) in [6, 6.07) is 4.70. The Balaban J connectivity index is 0.00000288. The fourth-order valence-electron chi connectivity index (χ4n) is 1.93. The highest BCUT2D eigenvalue weighted by molar-refractivity contribution is 5.93. The predicted octanol–water partition coefficient (Wildman–Crippen LogP) is 1.83. The molecule has 2 rings (SSSR count). The number of aromatic nitrogens is 3. The number of nitrogens with one attached hydrogen (secondary N) is 2. The van der Waals surface area contributed by atoms with Gasteiger partial charge in [-0.15, -0.1) is 17.5 Å². The number of methoxy groups -OCH3 is 2. The Bertz CT molecular complexity index is 689. The Labute approximate surface area is 146 Å². The number of H-pyrrole nitrogens is 1. The molecule has 0 radical (unpaired) electrons. The number of carbonyl (C=O) groups is 1. The maximum absolute atomic E-state index is 11.9. The largest absolute Gasteiger partial charge is 0.497 e. The number of aromatic amines is 1. The lowest BCUT2D eigenvalue weighted by Gasteiger charge is -2.13. The number of carbonyl (C=O) groups excluding carboxylic acids is 1. The van der Waals surface area contributed by atoms with Gasteiger partial charge < -0.3 is 15.2 Å². The zero-order valence-corrected chi connectivity index (χ0v) is 14.8. The Hall–Kier alpha value is -2.32. The third-order valence-electron chi connectivity index (χ3n) is 3.41. The van der Waals surface area contributed by atoms with Crippen molar-refractivity contribution in [3.8, 4) is 22.9 Å². The van der Waals surface area contributed by atoms with E-state index in [1.54, 1.807) is 32.4 Å². The molecular formula is C15H22ClN5O3. The maximum Gasteiger partial charge on any atom is 0.249 e. The molecule has 0 spiro atoms. The van der Waals surface area contributed by atoms with Crippen LogP contribution >= 0.6 is 12.4 Å². The van der Waals surface area contributed by atoms with Gasteiger partial charge in [-0.3, -0.25) is 15.2 Å². The Kier molecular flexibility index (Phi) is 6.99. The monoisotopic (exact) mass is 355 g/mol. The van der Waals surface area contributed by atoms with Gasteiger partial charge in [-0.05, 0) is 18.1 Å². The second-order valence-electron chi connectivity index (χ2n) is 5.33. The Morgan fingerprint density at radius 1 is 1.29 bits per heavy atom. The molecule has 1 aromatic heterocycles. The minimum Gasteiger partial charge on any atom is -0.497 e. The van der Waals surface area contributed by atoms with Gasteiger partial charge in [0.05, 0.1) is 25.8 Å². The fourth-order valence-corrected chi connectivity index (χ4v) is 1.93. The van der Waals surface area contributed by atoms with Crippen LogP contribution in [0.15, 0.2) is 18.2 Å². The number of hydrogen-bond acceptors (Lipinski definition) is 6. The smallest absolute Gasteiger partial charge is 0.249 e. The number of nitrogens with two attached hydrogens (primary N) is 1. The molecule has 9 heteroatoms. The van der Waals surface area contributed by atoms with Gasteiger partial charge in [-0.1, -0.05) is 13.8 Å². The Morgan fingerprint density at radius 2 is 2.00 bits per heavy atom. The van der Waals surface area contributed by atoms with Crippen LogP contribution in [-0.2, 0) is 4.79 Å². The number of benzene rings is 1. The van der Waals surface area contributed by atoms with Crippen molar-refractivity contribution in [2.24, 2.45) is 11.7 Å². The van der Waals surface area contributed by atoms with Crippen LogP contribution in [0, 0.1) is 5.92 Å². The zero-order chi connectivity index (χ0) is 17.0. The van der Waals surface area contributed by atoms with E-state index in [1.807, 2.05) is 13.8 Å². The average molecular weight is 356 g/mol. The quantitative estimate of drug-likeness (QED) is 0.728. The minimum absolute atomic E-state index is 0. The number of hydrogen-bond donors (Lipinski definition) is 3. The van der Waals surface area contributed by atoms with Gasteiger partial charge in [0.1, 0.15) is 11.5 Å². The Morgan fingerprint density at radius 3 is 2.58 bits per heavy atom. The van der Waals surface area contributed by atoms with Crippen molar-refractivity contribution in [2.45, 2.75) is 19.9 Å². The van der Waals surface area contributed by atoms with Crippen molar-refractivity contribution >= 4 is 24.3 Å². The van der Waals surface area contributed by atoms with Crippen LogP contribution in [0.2, 0.25) is 0 Å². The molecule has 0 fully saturated rings. The van der Waals surface area contributed by atoms with Crippen LogP contribution in [0.4, 0.5) is 5.95 Å². The minimum atomic E-state index is -0.618. The molecule has 2 aromatic rings. The van der Waals surface area contributed by atoms with Crippen molar-refractivity contribution in [2.75, 3.05) is 19.5 Å². The molecule has 1 aromatic carbocycles.